The highest BCUT2D eigenvalue weighted by Gasteiger charge is 1.94. The molecule has 1 aromatic rings. The molecule has 8 heteroatoms. The maximum atomic E-state index is 8.67. The van der Waals surface area contributed by atoms with E-state index in [0.717, 1.165) is 11.3 Å². The molecule has 1 aromatic carbocycles. The van der Waals surface area contributed by atoms with E-state index in [4.69, 9.17) is 31.9 Å². The first-order valence-corrected chi connectivity index (χ1v) is 4.62. The SMILES string of the molecule is NC(N)=[NH+]c1ccc(CCO)cc1.O=[N+]([O-])[O-]. The molecule has 0 saturated heterocycles. The molecule has 6 N–H and O–H groups in total. The number of aliphatic hydroxyl groups is 1. The van der Waals surface area contributed by atoms with Gasteiger partial charge in [-0.25, -0.2) is 4.99 Å². The topological polar surface area (TPSA) is 152 Å². The molecule has 0 heterocycles. The van der Waals surface area contributed by atoms with E-state index in [1.54, 1.807) is 0 Å². The van der Waals surface area contributed by atoms with E-state index in [-0.39, 0.29) is 12.6 Å². The van der Waals surface area contributed by atoms with Crippen LogP contribution in [0.4, 0.5) is 5.69 Å². The summed E-state index contributed by atoms with van der Waals surface area (Å²) in [7, 11) is 0. The first-order valence-electron chi connectivity index (χ1n) is 4.62. The largest absolute Gasteiger partial charge is 0.396 e. The molecule has 94 valence electrons. The van der Waals surface area contributed by atoms with Crippen LogP contribution < -0.4 is 16.5 Å². The molecular weight excluding hydrogens is 228 g/mol. The number of aliphatic hydroxyl groups excluding tert-OH is 1. The molecule has 0 spiro atoms. The lowest BCUT2D eigenvalue weighted by Gasteiger charge is -1.97. The van der Waals surface area contributed by atoms with Crippen molar-refractivity contribution in [1.82, 2.24) is 0 Å². The summed E-state index contributed by atoms with van der Waals surface area (Å²) in [6.07, 6.45) is 0.669. The normalized spacial score (nSPS) is 8.76. The molecule has 0 saturated carbocycles. The molecule has 0 aromatic heterocycles. The predicted molar refractivity (Wildman–Crippen MR) is 61.6 cm³/mol. The quantitative estimate of drug-likeness (QED) is 0.207. The van der Waals surface area contributed by atoms with E-state index >= 15 is 0 Å². The van der Waals surface area contributed by atoms with Gasteiger partial charge in [0.2, 0.25) is 0 Å². The molecule has 0 radical (unpaired) electrons. The van der Waals surface area contributed by atoms with Crippen LogP contribution in [-0.2, 0) is 6.42 Å². The maximum absolute atomic E-state index is 8.67. The summed E-state index contributed by atoms with van der Waals surface area (Å²) in [4.78, 5) is 11.0. The first-order chi connectivity index (χ1) is 7.95. The van der Waals surface area contributed by atoms with E-state index in [2.05, 4.69) is 4.99 Å². The number of hydrogen-bond donors (Lipinski definition) is 4. The van der Waals surface area contributed by atoms with Crippen molar-refractivity contribution < 1.29 is 15.2 Å². The Morgan fingerprint density at radius 2 is 1.76 bits per heavy atom. The van der Waals surface area contributed by atoms with Crippen LogP contribution in [0.2, 0.25) is 0 Å². The van der Waals surface area contributed by atoms with Gasteiger partial charge in [0.15, 0.2) is 0 Å². The number of nitrogens with one attached hydrogen (secondary N) is 1. The minimum absolute atomic E-state index is 0.165. The number of rotatable bonds is 3. The van der Waals surface area contributed by atoms with Crippen LogP contribution in [0.1, 0.15) is 5.56 Å². The van der Waals surface area contributed by atoms with Gasteiger partial charge in [-0.1, -0.05) is 12.1 Å². The summed E-state index contributed by atoms with van der Waals surface area (Å²) in [5.74, 6) is 0.176. The Bertz CT molecular complexity index is 369. The van der Waals surface area contributed by atoms with Gasteiger partial charge >= 0.3 is 5.96 Å². The van der Waals surface area contributed by atoms with Crippen LogP contribution in [0.5, 0.6) is 0 Å². The summed E-state index contributed by atoms with van der Waals surface area (Å²) < 4.78 is 0. The minimum Gasteiger partial charge on any atom is -0.396 e. The van der Waals surface area contributed by atoms with Gasteiger partial charge in [-0.05, 0) is 24.1 Å². The van der Waals surface area contributed by atoms with E-state index in [9.17, 15) is 0 Å². The third kappa shape index (κ3) is 8.63. The Morgan fingerprint density at radius 1 is 1.29 bits per heavy atom. The second-order valence-electron chi connectivity index (χ2n) is 2.97. The zero-order valence-corrected chi connectivity index (χ0v) is 9.00. The molecule has 17 heavy (non-hydrogen) atoms. The molecular formula is C9H14N4O4. The smallest absolute Gasteiger partial charge is 0.343 e. The van der Waals surface area contributed by atoms with Gasteiger partial charge in [-0.3, -0.25) is 11.5 Å². The molecule has 0 bridgehead atoms. The third-order valence-corrected chi connectivity index (χ3v) is 1.64. The van der Waals surface area contributed by atoms with Crippen molar-refractivity contribution >= 4 is 11.6 Å². The second kappa shape index (κ2) is 7.88. The van der Waals surface area contributed by atoms with Crippen molar-refractivity contribution in [2.45, 2.75) is 6.42 Å². The lowest BCUT2D eigenvalue weighted by atomic mass is 10.1. The van der Waals surface area contributed by atoms with E-state index in [0.29, 0.717) is 6.42 Å². The Kier molecular flexibility index (Phi) is 6.79. The molecule has 0 aliphatic carbocycles. The molecule has 0 atom stereocenters. The van der Waals surface area contributed by atoms with Crippen LogP contribution in [-0.4, -0.2) is 22.8 Å². The highest BCUT2D eigenvalue weighted by Crippen LogP contribution is 2.03. The Labute approximate surface area is 97.3 Å². The fraction of sp³-hybridized carbons (Fsp3) is 0.222. The van der Waals surface area contributed by atoms with E-state index < -0.39 is 5.09 Å². The van der Waals surface area contributed by atoms with Crippen molar-refractivity contribution in [3.8, 4) is 0 Å². The fourth-order valence-electron chi connectivity index (χ4n) is 1.05. The first kappa shape index (κ1) is 14.6. The van der Waals surface area contributed by atoms with Gasteiger partial charge in [0.1, 0.15) is 0 Å². The Morgan fingerprint density at radius 3 is 2.12 bits per heavy atom. The number of benzene rings is 1. The molecule has 0 fully saturated rings. The monoisotopic (exact) mass is 242 g/mol. The number of nitrogens with two attached hydrogens (primary N) is 2. The Balaban J connectivity index is 0.000000557. The highest BCUT2D eigenvalue weighted by molar-refractivity contribution is 5.70. The van der Waals surface area contributed by atoms with Gasteiger partial charge in [-0.2, -0.15) is 0 Å². The van der Waals surface area contributed by atoms with Crippen molar-refractivity contribution in [2.75, 3.05) is 6.61 Å². The average molecular weight is 242 g/mol. The second-order valence-corrected chi connectivity index (χ2v) is 2.97. The van der Waals surface area contributed by atoms with E-state index in [1.807, 2.05) is 24.3 Å². The molecule has 0 unspecified atom stereocenters. The van der Waals surface area contributed by atoms with Crippen molar-refractivity contribution in [3.63, 3.8) is 0 Å². The van der Waals surface area contributed by atoms with Crippen LogP contribution in [0.15, 0.2) is 24.3 Å². The maximum Gasteiger partial charge on any atom is 0.343 e. The average Bonchev–Trinajstić information content (AvgIpc) is 2.19. The van der Waals surface area contributed by atoms with Crippen LogP contribution in [0, 0.1) is 15.3 Å². The highest BCUT2D eigenvalue weighted by atomic mass is 16.9. The molecule has 1 rings (SSSR count). The zero-order chi connectivity index (χ0) is 13.3. The number of hydrogen-bond acceptors (Lipinski definition) is 4. The summed E-state index contributed by atoms with van der Waals surface area (Å²) in [5.41, 5.74) is 12.5. The van der Waals surface area contributed by atoms with Crippen molar-refractivity contribution in [3.05, 3.63) is 45.2 Å². The summed E-state index contributed by atoms with van der Waals surface area (Å²) in [6, 6.07) is 7.57. The van der Waals surface area contributed by atoms with Crippen LogP contribution in [0.3, 0.4) is 0 Å². The Hall–Kier alpha value is -2.35. The fourth-order valence-corrected chi connectivity index (χ4v) is 1.05. The molecule has 8 nitrogen and oxygen atoms in total. The molecule has 0 amide bonds. The van der Waals surface area contributed by atoms with Gasteiger partial charge in [0.25, 0.3) is 0 Å². The molecule has 0 aliphatic rings. The lowest BCUT2D eigenvalue weighted by molar-refractivity contribution is -0.402. The number of guanidine groups is 1. The number of nitrogens with zero attached hydrogens (tertiary/aromatic N) is 1. The minimum atomic E-state index is -1.75. The van der Waals surface area contributed by atoms with Crippen LogP contribution >= 0.6 is 0 Å². The van der Waals surface area contributed by atoms with Gasteiger partial charge in [-0.15, -0.1) is 0 Å². The van der Waals surface area contributed by atoms with E-state index in [1.165, 1.54) is 0 Å². The summed E-state index contributed by atoms with van der Waals surface area (Å²) in [6.45, 7) is 0.165. The lowest BCUT2D eigenvalue weighted by Crippen LogP contribution is -2.72. The summed E-state index contributed by atoms with van der Waals surface area (Å²) in [5, 5.41) is 23.4. The van der Waals surface area contributed by atoms with Crippen LogP contribution in [0.25, 0.3) is 0 Å². The van der Waals surface area contributed by atoms with Crippen molar-refractivity contribution in [1.29, 1.82) is 0 Å². The summed E-state index contributed by atoms with van der Waals surface area (Å²) >= 11 is 0. The zero-order valence-electron chi connectivity index (χ0n) is 9.00. The van der Waals surface area contributed by atoms with Crippen molar-refractivity contribution in [2.24, 2.45) is 11.5 Å². The van der Waals surface area contributed by atoms with Gasteiger partial charge in [0, 0.05) is 6.61 Å². The standard InChI is InChI=1S/C9H13N3O.NO3/c10-9(11)12-8-3-1-7(2-4-8)5-6-13;2-1(3)4/h1-4,13H,5-6H2,(H4,10,11,12);/q;-1/p+1. The van der Waals surface area contributed by atoms with Gasteiger partial charge < -0.3 is 20.4 Å². The predicted octanol–water partition coefficient (Wildman–Crippen LogP) is -2.03. The molecule has 0 aliphatic heterocycles. The third-order valence-electron chi connectivity index (χ3n) is 1.64. The van der Waals surface area contributed by atoms with Gasteiger partial charge in [0.05, 0.1) is 10.8 Å².